The van der Waals surface area contributed by atoms with Crippen molar-refractivity contribution < 1.29 is 19.2 Å². The van der Waals surface area contributed by atoms with Crippen LogP contribution in [-0.2, 0) is 22.6 Å². The molecule has 0 aliphatic heterocycles. The van der Waals surface area contributed by atoms with E-state index in [1.165, 1.54) is 11.8 Å². The second-order valence-corrected chi connectivity index (χ2v) is 6.11. The van der Waals surface area contributed by atoms with Crippen LogP contribution in [0.1, 0.15) is 24.8 Å². The first-order valence-corrected chi connectivity index (χ1v) is 8.71. The first-order valence-electron chi connectivity index (χ1n) is 8.71. The summed E-state index contributed by atoms with van der Waals surface area (Å²) < 4.78 is 5.15. The highest BCUT2D eigenvalue weighted by Crippen LogP contribution is 2.14. The quantitative estimate of drug-likeness (QED) is 0.628. The van der Waals surface area contributed by atoms with Gasteiger partial charge in [-0.2, -0.15) is 4.98 Å². The number of aryl methyl sites for hydroxylation is 1. The first-order chi connectivity index (χ1) is 13.5. The maximum Gasteiger partial charge on any atom is 0.326 e. The molecule has 2 heterocycles. The number of hydrogen-bond acceptors (Lipinski definition) is 7. The Morgan fingerprint density at radius 2 is 1.82 bits per heavy atom. The number of amides is 1. The standard InChI is InChI=1S/C19H19N5O4/c1-13(19(26)27)24(12-14-6-3-2-4-7-14)16(25)9-8-15-22-18(23-28-15)17-20-10-5-11-21-17/h2-7,10-11,13H,8-9,12H2,1H3,(H,26,27). The Labute approximate surface area is 161 Å². The molecule has 9 nitrogen and oxygen atoms in total. The molecule has 1 atom stereocenters. The van der Waals surface area contributed by atoms with E-state index in [2.05, 4.69) is 20.1 Å². The maximum atomic E-state index is 12.7. The second-order valence-electron chi connectivity index (χ2n) is 6.11. The molecule has 0 radical (unpaired) electrons. The fourth-order valence-electron chi connectivity index (χ4n) is 2.57. The Bertz CT molecular complexity index is 930. The zero-order chi connectivity index (χ0) is 19.9. The van der Waals surface area contributed by atoms with Crippen molar-refractivity contribution in [3.8, 4) is 11.6 Å². The third-order valence-corrected chi connectivity index (χ3v) is 4.13. The molecule has 144 valence electrons. The summed E-state index contributed by atoms with van der Waals surface area (Å²) >= 11 is 0. The van der Waals surface area contributed by atoms with Gasteiger partial charge in [0.2, 0.25) is 23.4 Å². The number of hydrogen-bond donors (Lipinski definition) is 1. The molecular formula is C19H19N5O4. The van der Waals surface area contributed by atoms with Crippen LogP contribution in [0, 0.1) is 0 Å². The van der Waals surface area contributed by atoms with Gasteiger partial charge in [0.15, 0.2) is 0 Å². The van der Waals surface area contributed by atoms with Crippen molar-refractivity contribution in [3.63, 3.8) is 0 Å². The normalized spacial score (nSPS) is 11.8. The highest BCUT2D eigenvalue weighted by atomic mass is 16.5. The number of rotatable bonds is 8. The lowest BCUT2D eigenvalue weighted by molar-refractivity contribution is -0.150. The molecule has 9 heteroatoms. The van der Waals surface area contributed by atoms with Gasteiger partial charge in [-0.25, -0.2) is 14.8 Å². The van der Waals surface area contributed by atoms with Crippen molar-refractivity contribution in [3.05, 3.63) is 60.2 Å². The molecule has 0 aliphatic rings. The van der Waals surface area contributed by atoms with E-state index in [4.69, 9.17) is 4.52 Å². The van der Waals surface area contributed by atoms with E-state index in [-0.39, 0.29) is 37.0 Å². The van der Waals surface area contributed by atoms with Gasteiger partial charge in [-0.1, -0.05) is 35.5 Å². The summed E-state index contributed by atoms with van der Waals surface area (Å²) in [6, 6.07) is 9.96. The van der Waals surface area contributed by atoms with Gasteiger partial charge in [-0.05, 0) is 18.6 Å². The van der Waals surface area contributed by atoms with Crippen molar-refractivity contribution in [2.45, 2.75) is 32.4 Å². The molecule has 2 aromatic heterocycles. The van der Waals surface area contributed by atoms with Gasteiger partial charge >= 0.3 is 5.97 Å². The van der Waals surface area contributed by atoms with E-state index in [0.717, 1.165) is 5.56 Å². The van der Waals surface area contributed by atoms with E-state index in [9.17, 15) is 14.7 Å². The SMILES string of the molecule is CC(C(=O)O)N(Cc1ccccc1)C(=O)CCc1nc(-c2ncccn2)no1. The number of benzene rings is 1. The van der Waals surface area contributed by atoms with Gasteiger partial charge in [-0.15, -0.1) is 0 Å². The third-order valence-electron chi connectivity index (χ3n) is 4.13. The molecule has 0 saturated heterocycles. The average molecular weight is 381 g/mol. The van der Waals surface area contributed by atoms with Gasteiger partial charge in [0.05, 0.1) is 0 Å². The predicted octanol–water partition coefficient (Wildman–Crippen LogP) is 1.96. The van der Waals surface area contributed by atoms with Crippen LogP contribution in [0.4, 0.5) is 0 Å². The van der Waals surface area contributed by atoms with Crippen molar-refractivity contribution in [2.75, 3.05) is 0 Å². The van der Waals surface area contributed by atoms with Crippen molar-refractivity contribution in [2.24, 2.45) is 0 Å². The lowest BCUT2D eigenvalue weighted by Gasteiger charge is -2.26. The molecule has 1 N–H and O–H groups in total. The number of aromatic nitrogens is 4. The summed E-state index contributed by atoms with van der Waals surface area (Å²) in [4.78, 5) is 37.7. The number of carbonyl (C=O) groups is 2. The number of nitrogens with zero attached hydrogens (tertiary/aromatic N) is 5. The van der Waals surface area contributed by atoms with Crippen molar-refractivity contribution in [1.82, 2.24) is 25.0 Å². The molecule has 28 heavy (non-hydrogen) atoms. The Morgan fingerprint density at radius 1 is 1.11 bits per heavy atom. The zero-order valence-corrected chi connectivity index (χ0v) is 15.2. The smallest absolute Gasteiger partial charge is 0.326 e. The summed E-state index contributed by atoms with van der Waals surface area (Å²) in [5.41, 5.74) is 0.852. The van der Waals surface area contributed by atoms with Crippen molar-refractivity contribution >= 4 is 11.9 Å². The van der Waals surface area contributed by atoms with Crippen LogP contribution in [0.3, 0.4) is 0 Å². The highest BCUT2D eigenvalue weighted by Gasteiger charge is 2.26. The lowest BCUT2D eigenvalue weighted by atomic mass is 10.1. The molecule has 0 saturated carbocycles. The molecule has 0 bridgehead atoms. The minimum Gasteiger partial charge on any atom is -0.480 e. The zero-order valence-electron chi connectivity index (χ0n) is 15.2. The third kappa shape index (κ3) is 4.76. The molecule has 1 aromatic carbocycles. The number of carboxylic acids is 1. The number of carbonyl (C=O) groups excluding carboxylic acids is 1. The molecule has 0 aliphatic carbocycles. The van der Waals surface area contributed by atoms with Gasteiger partial charge in [0, 0.05) is 31.8 Å². The van der Waals surface area contributed by atoms with Crippen LogP contribution >= 0.6 is 0 Å². The molecule has 3 rings (SSSR count). The van der Waals surface area contributed by atoms with Gasteiger partial charge in [-0.3, -0.25) is 4.79 Å². The maximum absolute atomic E-state index is 12.7. The Hall–Kier alpha value is -3.62. The lowest BCUT2D eigenvalue weighted by Crippen LogP contribution is -2.42. The predicted molar refractivity (Wildman–Crippen MR) is 97.7 cm³/mol. The molecule has 3 aromatic rings. The minimum atomic E-state index is -1.06. The van der Waals surface area contributed by atoms with Crippen LogP contribution in [0.25, 0.3) is 11.6 Å². The minimum absolute atomic E-state index is 0.0434. The van der Waals surface area contributed by atoms with Gasteiger partial charge in [0.25, 0.3) is 0 Å². The largest absolute Gasteiger partial charge is 0.480 e. The van der Waals surface area contributed by atoms with E-state index < -0.39 is 12.0 Å². The summed E-state index contributed by atoms with van der Waals surface area (Å²) in [6.07, 6.45) is 3.37. The topological polar surface area (TPSA) is 122 Å². The molecule has 0 spiro atoms. The second kappa shape index (κ2) is 8.85. The Morgan fingerprint density at radius 3 is 2.50 bits per heavy atom. The Balaban J connectivity index is 1.66. The monoisotopic (exact) mass is 381 g/mol. The molecule has 1 amide bonds. The highest BCUT2D eigenvalue weighted by molar-refractivity contribution is 5.83. The fourth-order valence-corrected chi connectivity index (χ4v) is 2.57. The van der Waals surface area contributed by atoms with Crippen molar-refractivity contribution in [1.29, 1.82) is 0 Å². The van der Waals surface area contributed by atoms with Crippen LogP contribution in [0.15, 0.2) is 53.3 Å². The average Bonchev–Trinajstić information content (AvgIpc) is 3.20. The summed E-state index contributed by atoms with van der Waals surface area (Å²) in [7, 11) is 0. The molecule has 0 fully saturated rings. The van der Waals surface area contributed by atoms with Gasteiger partial charge < -0.3 is 14.5 Å². The van der Waals surface area contributed by atoms with Crippen LogP contribution in [0.5, 0.6) is 0 Å². The molecular weight excluding hydrogens is 362 g/mol. The van der Waals surface area contributed by atoms with Gasteiger partial charge in [0.1, 0.15) is 6.04 Å². The molecule has 1 unspecified atom stereocenters. The Kier molecular flexibility index (Phi) is 6.05. The van der Waals surface area contributed by atoms with E-state index in [0.29, 0.717) is 5.82 Å². The summed E-state index contributed by atoms with van der Waals surface area (Å²) in [5, 5.41) is 13.2. The van der Waals surface area contributed by atoms with Crippen LogP contribution in [0.2, 0.25) is 0 Å². The number of carboxylic acid groups (broad SMARTS) is 1. The van der Waals surface area contributed by atoms with Crippen LogP contribution < -0.4 is 0 Å². The van der Waals surface area contributed by atoms with E-state index in [1.54, 1.807) is 18.5 Å². The summed E-state index contributed by atoms with van der Waals surface area (Å²) in [5.74, 6) is -0.546. The van der Waals surface area contributed by atoms with E-state index in [1.807, 2.05) is 30.3 Å². The first kappa shape index (κ1) is 19.2. The van der Waals surface area contributed by atoms with Crippen LogP contribution in [-0.4, -0.2) is 48.0 Å². The summed E-state index contributed by atoms with van der Waals surface area (Å²) in [6.45, 7) is 1.70. The fraction of sp³-hybridized carbons (Fsp3) is 0.263. The van der Waals surface area contributed by atoms with E-state index >= 15 is 0 Å². The number of aliphatic carboxylic acids is 1.